The summed E-state index contributed by atoms with van der Waals surface area (Å²) in [7, 11) is 0. The number of allylic oxidation sites excluding steroid dienone is 2. The van der Waals surface area contributed by atoms with E-state index in [1.54, 1.807) is 0 Å². The molecule has 1 saturated heterocycles. The Balaban J connectivity index is 1.79. The number of esters is 1. The fourth-order valence-electron chi connectivity index (χ4n) is 1.59. The molecule has 1 aliphatic rings. The minimum atomic E-state index is -0.0774. The molecule has 0 aromatic rings. The minimum absolute atomic E-state index is 0.0774. The van der Waals surface area contributed by atoms with Gasteiger partial charge in [-0.05, 0) is 25.7 Å². The molecule has 0 radical (unpaired) electrons. The lowest BCUT2D eigenvalue weighted by Crippen LogP contribution is -2.09. The maximum atomic E-state index is 11.3. The van der Waals surface area contributed by atoms with Gasteiger partial charge in [-0.3, -0.25) is 4.79 Å². The molecule has 3 heteroatoms. The van der Waals surface area contributed by atoms with E-state index in [1.807, 2.05) is 0 Å². The maximum Gasteiger partial charge on any atom is 0.305 e. The quantitative estimate of drug-likeness (QED) is 0.255. The Labute approximate surface area is 104 Å². The van der Waals surface area contributed by atoms with Crippen molar-refractivity contribution in [1.82, 2.24) is 0 Å². The van der Waals surface area contributed by atoms with Gasteiger partial charge in [0, 0.05) is 6.42 Å². The summed E-state index contributed by atoms with van der Waals surface area (Å²) < 4.78 is 10.0. The zero-order valence-corrected chi connectivity index (χ0v) is 10.8. The average Bonchev–Trinajstić information content (AvgIpc) is 3.14. The second-order valence-corrected chi connectivity index (χ2v) is 4.47. The molecule has 0 aromatic carbocycles. The maximum absolute atomic E-state index is 11.3. The molecule has 1 aliphatic heterocycles. The van der Waals surface area contributed by atoms with Gasteiger partial charge in [0.25, 0.3) is 0 Å². The van der Waals surface area contributed by atoms with Crippen LogP contribution in [0.25, 0.3) is 0 Å². The Morgan fingerprint density at radius 3 is 2.76 bits per heavy atom. The van der Waals surface area contributed by atoms with Gasteiger partial charge in [-0.25, -0.2) is 0 Å². The third-order valence-electron chi connectivity index (χ3n) is 2.74. The molecule has 1 fully saturated rings. The Kier molecular flexibility index (Phi) is 7.72. The molecule has 1 unspecified atom stereocenters. The SMILES string of the molecule is CC/C=C/CCCCCCC(=O)OCC1CO1. The van der Waals surface area contributed by atoms with Gasteiger partial charge in [0.1, 0.15) is 12.7 Å². The van der Waals surface area contributed by atoms with Gasteiger partial charge in [0.2, 0.25) is 0 Å². The van der Waals surface area contributed by atoms with Crippen LogP contribution in [-0.4, -0.2) is 25.3 Å². The van der Waals surface area contributed by atoms with Crippen molar-refractivity contribution in [1.29, 1.82) is 0 Å². The summed E-state index contributed by atoms with van der Waals surface area (Å²) in [6, 6.07) is 0. The summed E-state index contributed by atoms with van der Waals surface area (Å²) in [6.07, 6.45) is 12.0. The highest BCUT2D eigenvalue weighted by atomic mass is 16.6. The third-order valence-corrected chi connectivity index (χ3v) is 2.74. The smallest absolute Gasteiger partial charge is 0.305 e. The predicted molar refractivity (Wildman–Crippen MR) is 67.8 cm³/mol. The molecule has 0 aromatic heterocycles. The normalized spacial score (nSPS) is 18.5. The Hall–Kier alpha value is -0.830. The van der Waals surface area contributed by atoms with Crippen molar-refractivity contribution in [2.45, 2.75) is 58.0 Å². The number of rotatable bonds is 10. The van der Waals surface area contributed by atoms with E-state index in [0.717, 1.165) is 32.3 Å². The summed E-state index contributed by atoms with van der Waals surface area (Å²) in [6.45, 7) is 3.34. The van der Waals surface area contributed by atoms with E-state index in [-0.39, 0.29) is 12.1 Å². The van der Waals surface area contributed by atoms with Gasteiger partial charge in [-0.1, -0.05) is 31.9 Å². The van der Waals surface area contributed by atoms with E-state index in [4.69, 9.17) is 9.47 Å². The first-order valence-corrected chi connectivity index (χ1v) is 6.75. The number of unbranched alkanes of at least 4 members (excludes halogenated alkanes) is 4. The van der Waals surface area contributed by atoms with E-state index in [2.05, 4.69) is 19.1 Å². The summed E-state index contributed by atoms with van der Waals surface area (Å²) in [5.74, 6) is -0.0774. The largest absolute Gasteiger partial charge is 0.463 e. The lowest BCUT2D eigenvalue weighted by molar-refractivity contribution is -0.144. The number of hydrogen-bond donors (Lipinski definition) is 0. The highest BCUT2D eigenvalue weighted by Gasteiger charge is 2.23. The van der Waals surface area contributed by atoms with Gasteiger partial charge < -0.3 is 9.47 Å². The van der Waals surface area contributed by atoms with Crippen molar-refractivity contribution in [3.05, 3.63) is 12.2 Å². The van der Waals surface area contributed by atoms with Gasteiger partial charge in [0.05, 0.1) is 6.61 Å². The van der Waals surface area contributed by atoms with Crippen LogP contribution >= 0.6 is 0 Å². The van der Waals surface area contributed by atoms with Crippen LogP contribution in [0.1, 0.15) is 51.9 Å². The number of hydrogen-bond acceptors (Lipinski definition) is 3. The van der Waals surface area contributed by atoms with Crippen molar-refractivity contribution in [2.24, 2.45) is 0 Å². The monoisotopic (exact) mass is 240 g/mol. The van der Waals surface area contributed by atoms with Crippen LogP contribution in [-0.2, 0) is 14.3 Å². The van der Waals surface area contributed by atoms with E-state index in [1.165, 1.54) is 12.8 Å². The molecular weight excluding hydrogens is 216 g/mol. The summed E-state index contributed by atoms with van der Waals surface area (Å²) in [4.78, 5) is 11.3. The molecule has 98 valence electrons. The predicted octanol–water partition coefficient (Wildman–Crippen LogP) is 3.24. The van der Waals surface area contributed by atoms with Crippen LogP contribution in [0.3, 0.4) is 0 Å². The van der Waals surface area contributed by atoms with E-state index in [9.17, 15) is 4.79 Å². The second-order valence-electron chi connectivity index (χ2n) is 4.47. The van der Waals surface area contributed by atoms with Crippen LogP contribution in [0.15, 0.2) is 12.2 Å². The van der Waals surface area contributed by atoms with Gasteiger partial charge in [0.15, 0.2) is 0 Å². The van der Waals surface area contributed by atoms with Crippen molar-refractivity contribution in [3.8, 4) is 0 Å². The number of epoxide rings is 1. The molecule has 3 nitrogen and oxygen atoms in total. The lowest BCUT2D eigenvalue weighted by Gasteiger charge is -2.02. The van der Waals surface area contributed by atoms with Crippen molar-refractivity contribution < 1.29 is 14.3 Å². The topological polar surface area (TPSA) is 38.8 Å². The lowest BCUT2D eigenvalue weighted by atomic mass is 10.1. The summed E-state index contributed by atoms with van der Waals surface area (Å²) >= 11 is 0. The van der Waals surface area contributed by atoms with Crippen LogP contribution in [0, 0.1) is 0 Å². The fourth-order valence-corrected chi connectivity index (χ4v) is 1.59. The van der Waals surface area contributed by atoms with E-state index < -0.39 is 0 Å². The first kappa shape index (κ1) is 14.2. The zero-order chi connectivity index (χ0) is 12.3. The van der Waals surface area contributed by atoms with Crippen LogP contribution in [0.5, 0.6) is 0 Å². The third kappa shape index (κ3) is 8.93. The van der Waals surface area contributed by atoms with Gasteiger partial charge >= 0.3 is 5.97 Å². The fraction of sp³-hybridized carbons (Fsp3) is 0.786. The molecule has 0 saturated carbocycles. The van der Waals surface area contributed by atoms with E-state index >= 15 is 0 Å². The van der Waals surface area contributed by atoms with Crippen LogP contribution in [0.2, 0.25) is 0 Å². The van der Waals surface area contributed by atoms with Crippen molar-refractivity contribution >= 4 is 5.97 Å². The highest BCUT2D eigenvalue weighted by Crippen LogP contribution is 2.10. The highest BCUT2D eigenvalue weighted by molar-refractivity contribution is 5.69. The molecule has 0 spiro atoms. The molecule has 1 heterocycles. The summed E-state index contributed by atoms with van der Waals surface area (Å²) in [5, 5.41) is 0. The average molecular weight is 240 g/mol. The number of carbonyl (C=O) groups excluding carboxylic acids is 1. The Morgan fingerprint density at radius 1 is 1.29 bits per heavy atom. The summed E-state index contributed by atoms with van der Waals surface area (Å²) in [5.41, 5.74) is 0. The molecule has 0 aliphatic carbocycles. The molecule has 0 amide bonds. The van der Waals surface area contributed by atoms with Crippen LogP contribution < -0.4 is 0 Å². The van der Waals surface area contributed by atoms with Crippen molar-refractivity contribution in [2.75, 3.05) is 13.2 Å². The second kappa shape index (κ2) is 9.23. The Morgan fingerprint density at radius 2 is 2.06 bits per heavy atom. The minimum Gasteiger partial charge on any atom is -0.463 e. The number of ether oxygens (including phenoxy) is 2. The van der Waals surface area contributed by atoms with Gasteiger partial charge in [-0.15, -0.1) is 0 Å². The molecule has 1 atom stereocenters. The first-order chi connectivity index (χ1) is 8.33. The Bertz CT molecular complexity index is 232. The molecule has 0 N–H and O–H groups in total. The molecule has 0 bridgehead atoms. The molecular formula is C14H24O3. The van der Waals surface area contributed by atoms with E-state index in [0.29, 0.717) is 13.0 Å². The zero-order valence-electron chi connectivity index (χ0n) is 10.8. The molecule has 17 heavy (non-hydrogen) atoms. The standard InChI is InChI=1S/C14H24O3/c1-2-3-4-5-6-7-8-9-10-14(15)17-12-13-11-16-13/h3-4,13H,2,5-12H2,1H3/b4-3+. The van der Waals surface area contributed by atoms with Crippen LogP contribution in [0.4, 0.5) is 0 Å². The first-order valence-electron chi connectivity index (χ1n) is 6.75. The van der Waals surface area contributed by atoms with Crippen molar-refractivity contribution in [3.63, 3.8) is 0 Å². The molecule has 1 rings (SSSR count). The number of carbonyl (C=O) groups is 1. The van der Waals surface area contributed by atoms with Gasteiger partial charge in [-0.2, -0.15) is 0 Å².